The van der Waals surface area contributed by atoms with Gasteiger partial charge in [0.15, 0.2) is 17.5 Å². The fraction of sp³-hybridized carbons (Fsp3) is 0.263. The van der Waals surface area contributed by atoms with Gasteiger partial charge in [-0.1, -0.05) is 13.0 Å². The van der Waals surface area contributed by atoms with Gasteiger partial charge < -0.3 is 0 Å². The van der Waals surface area contributed by atoms with Crippen LogP contribution in [-0.2, 0) is 0 Å². The molecule has 0 aromatic heterocycles. The van der Waals surface area contributed by atoms with Crippen molar-refractivity contribution in [3.8, 4) is 11.1 Å². The van der Waals surface area contributed by atoms with E-state index in [1.807, 2.05) is 6.08 Å². The summed E-state index contributed by atoms with van der Waals surface area (Å²) in [5.74, 6) is -5.98. The molecule has 0 radical (unpaired) electrons. The van der Waals surface area contributed by atoms with Crippen LogP contribution in [0.2, 0.25) is 0 Å². The Morgan fingerprint density at radius 2 is 1.33 bits per heavy atom. The minimum absolute atomic E-state index is 0.376. The summed E-state index contributed by atoms with van der Waals surface area (Å²) in [7, 11) is 0. The Kier molecular flexibility index (Phi) is 4.43. The molecule has 3 rings (SSSR count). The SMILES string of the molecule is CC1CC=C(c2cc(F)c(-c3cc(F)c(F)c(F)c3)c(F)c2)CC1. The Labute approximate surface area is 136 Å². The molecular formula is C19H15F5. The summed E-state index contributed by atoms with van der Waals surface area (Å²) in [6.45, 7) is 2.11. The predicted octanol–water partition coefficient (Wildman–Crippen LogP) is 6.25. The molecule has 0 bridgehead atoms. The molecule has 0 N–H and O–H groups in total. The first kappa shape index (κ1) is 16.7. The van der Waals surface area contributed by atoms with Gasteiger partial charge in [0.2, 0.25) is 0 Å². The predicted molar refractivity (Wildman–Crippen MR) is 82.7 cm³/mol. The minimum atomic E-state index is -1.67. The zero-order chi connectivity index (χ0) is 17.4. The van der Waals surface area contributed by atoms with E-state index in [2.05, 4.69) is 6.92 Å². The lowest BCUT2D eigenvalue weighted by Crippen LogP contribution is -2.03. The average molecular weight is 338 g/mol. The standard InChI is InChI=1S/C19H15F5/c1-10-2-4-11(5-3-10)12-6-14(20)18(15(21)7-12)13-8-16(22)19(24)17(23)9-13/h4,6-10H,2-3,5H2,1H3. The zero-order valence-corrected chi connectivity index (χ0v) is 13.0. The van der Waals surface area contributed by atoms with E-state index in [4.69, 9.17) is 0 Å². The lowest BCUT2D eigenvalue weighted by Gasteiger charge is -2.19. The van der Waals surface area contributed by atoms with Gasteiger partial charge >= 0.3 is 0 Å². The van der Waals surface area contributed by atoms with E-state index >= 15 is 0 Å². The highest BCUT2D eigenvalue weighted by atomic mass is 19.2. The van der Waals surface area contributed by atoms with Crippen LogP contribution in [0.4, 0.5) is 22.0 Å². The van der Waals surface area contributed by atoms with Crippen molar-refractivity contribution in [3.05, 3.63) is 65.0 Å². The summed E-state index contributed by atoms with van der Waals surface area (Å²) in [4.78, 5) is 0. The van der Waals surface area contributed by atoms with E-state index in [9.17, 15) is 22.0 Å². The molecule has 1 unspecified atom stereocenters. The molecule has 0 spiro atoms. The summed E-state index contributed by atoms with van der Waals surface area (Å²) in [6, 6.07) is 3.47. The van der Waals surface area contributed by atoms with E-state index in [1.165, 1.54) is 0 Å². The first-order chi connectivity index (χ1) is 11.4. The number of benzene rings is 2. The van der Waals surface area contributed by atoms with E-state index in [1.54, 1.807) is 0 Å². The summed E-state index contributed by atoms with van der Waals surface area (Å²) in [5, 5.41) is 0. The lowest BCUT2D eigenvalue weighted by atomic mass is 9.87. The fourth-order valence-corrected chi connectivity index (χ4v) is 2.96. The summed E-state index contributed by atoms with van der Waals surface area (Å²) in [6.07, 6.45) is 4.46. The van der Waals surface area contributed by atoms with E-state index < -0.39 is 34.6 Å². The first-order valence-electron chi connectivity index (χ1n) is 7.70. The maximum atomic E-state index is 14.4. The number of halogens is 5. The van der Waals surface area contributed by atoms with Crippen molar-refractivity contribution >= 4 is 5.57 Å². The molecule has 0 saturated heterocycles. The van der Waals surface area contributed by atoms with Crippen LogP contribution in [0.3, 0.4) is 0 Å². The monoisotopic (exact) mass is 338 g/mol. The van der Waals surface area contributed by atoms with Gasteiger partial charge in [-0.15, -0.1) is 0 Å². The molecule has 0 heterocycles. The molecule has 2 aromatic rings. The van der Waals surface area contributed by atoms with Crippen LogP contribution in [0.25, 0.3) is 16.7 Å². The average Bonchev–Trinajstić information content (AvgIpc) is 2.52. The van der Waals surface area contributed by atoms with E-state index in [0.29, 0.717) is 23.6 Å². The second kappa shape index (κ2) is 6.38. The molecule has 0 aliphatic heterocycles. The Morgan fingerprint density at radius 3 is 1.83 bits per heavy atom. The van der Waals surface area contributed by atoms with E-state index in [-0.39, 0.29) is 5.56 Å². The summed E-state index contributed by atoms with van der Waals surface area (Å²) >= 11 is 0. The topological polar surface area (TPSA) is 0 Å². The van der Waals surface area contributed by atoms with E-state index in [0.717, 1.165) is 37.0 Å². The number of hydrogen-bond acceptors (Lipinski definition) is 0. The summed E-state index contributed by atoms with van der Waals surface area (Å²) in [5.41, 5.74) is 0.332. The van der Waals surface area contributed by atoms with Crippen LogP contribution in [0.5, 0.6) is 0 Å². The van der Waals surface area contributed by atoms with Gasteiger partial charge in [0.25, 0.3) is 0 Å². The molecule has 0 saturated carbocycles. The molecule has 1 aliphatic rings. The first-order valence-corrected chi connectivity index (χ1v) is 7.70. The number of hydrogen-bond donors (Lipinski definition) is 0. The molecule has 0 nitrogen and oxygen atoms in total. The van der Waals surface area contributed by atoms with Gasteiger partial charge in [-0.3, -0.25) is 0 Å². The molecule has 0 fully saturated rings. The summed E-state index contributed by atoms with van der Waals surface area (Å²) < 4.78 is 68.4. The second-order valence-electron chi connectivity index (χ2n) is 6.18. The van der Waals surface area contributed by atoms with Crippen LogP contribution in [0.1, 0.15) is 31.7 Å². The number of allylic oxidation sites excluding steroid dienone is 2. The number of rotatable bonds is 2. The van der Waals surface area contributed by atoms with Gasteiger partial charge in [0.1, 0.15) is 11.6 Å². The van der Waals surface area contributed by atoms with Gasteiger partial charge in [-0.25, -0.2) is 22.0 Å². The van der Waals surface area contributed by atoms with Gasteiger partial charge in [-0.2, -0.15) is 0 Å². The normalized spacial score (nSPS) is 17.8. The van der Waals surface area contributed by atoms with Crippen molar-refractivity contribution < 1.29 is 22.0 Å². The smallest absolute Gasteiger partial charge is 0.194 e. The van der Waals surface area contributed by atoms with Crippen LogP contribution in [0.15, 0.2) is 30.3 Å². The molecule has 5 heteroatoms. The molecular weight excluding hydrogens is 323 g/mol. The van der Waals surface area contributed by atoms with Gasteiger partial charge in [-0.05, 0) is 66.1 Å². The Morgan fingerprint density at radius 1 is 0.792 bits per heavy atom. The Bertz CT molecular complexity index is 776. The third-order valence-electron chi connectivity index (χ3n) is 4.36. The minimum Gasteiger partial charge on any atom is -0.206 e. The molecule has 1 aliphatic carbocycles. The van der Waals surface area contributed by atoms with Crippen LogP contribution >= 0.6 is 0 Å². The maximum absolute atomic E-state index is 14.4. The van der Waals surface area contributed by atoms with Crippen molar-refractivity contribution in [2.24, 2.45) is 5.92 Å². The molecule has 126 valence electrons. The van der Waals surface area contributed by atoms with Gasteiger partial charge in [0.05, 0.1) is 5.56 Å². The Hall–Kier alpha value is -2.17. The van der Waals surface area contributed by atoms with Crippen molar-refractivity contribution in [1.29, 1.82) is 0 Å². The maximum Gasteiger partial charge on any atom is 0.194 e. The third-order valence-corrected chi connectivity index (χ3v) is 4.36. The second-order valence-corrected chi connectivity index (χ2v) is 6.18. The molecule has 0 amide bonds. The van der Waals surface area contributed by atoms with Crippen LogP contribution in [0, 0.1) is 35.0 Å². The Balaban J connectivity index is 2.05. The van der Waals surface area contributed by atoms with Crippen molar-refractivity contribution in [3.63, 3.8) is 0 Å². The molecule has 2 aromatic carbocycles. The highest BCUT2D eigenvalue weighted by Gasteiger charge is 2.20. The van der Waals surface area contributed by atoms with Crippen molar-refractivity contribution in [1.82, 2.24) is 0 Å². The largest absolute Gasteiger partial charge is 0.206 e. The highest BCUT2D eigenvalue weighted by molar-refractivity contribution is 5.72. The highest BCUT2D eigenvalue weighted by Crippen LogP contribution is 2.34. The van der Waals surface area contributed by atoms with Crippen molar-refractivity contribution in [2.45, 2.75) is 26.2 Å². The zero-order valence-electron chi connectivity index (χ0n) is 13.0. The lowest BCUT2D eigenvalue weighted by molar-refractivity contribution is 0.447. The van der Waals surface area contributed by atoms with Gasteiger partial charge in [0, 0.05) is 0 Å². The molecule has 24 heavy (non-hydrogen) atoms. The third kappa shape index (κ3) is 3.07. The van der Waals surface area contributed by atoms with Crippen LogP contribution in [-0.4, -0.2) is 0 Å². The fourth-order valence-electron chi connectivity index (χ4n) is 2.96. The van der Waals surface area contributed by atoms with Crippen LogP contribution < -0.4 is 0 Å². The molecule has 1 atom stereocenters. The van der Waals surface area contributed by atoms with Crippen molar-refractivity contribution in [2.75, 3.05) is 0 Å². The quantitative estimate of drug-likeness (QED) is 0.448.